The molecule has 0 spiro atoms. The monoisotopic (exact) mass is 326 g/mol. The van der Waals surface area contributed by atoms with Crippen LogP contribution in [0.15, 0.2) is 12.1 Å². The van der Waals surface area contributed by atoms with Crippen LogP contribution in [0.5, 0.6) is 0 Å². The number of nitrogens with zero attached hydrogens (tertiary/aromatic N) is 3. The summed E-state index contributed by atoms with van der Waals surface area (Å²) in [7, 11) is 1.27. The Labute approximate surface area is 135 Å². The Hall–Kier alpha value is -3.23. The third-order valence-corrected chi connectivity index (χ3v) is 4.27. The van der Waals surface area contributed by atoms with E-state index in [4.69, 9.17) is 0 Å². The van der Waals surface area contributed by atoms with Crippen LogP contribution >= 0.6 is 0 Å². The number of fused-ring (bicyclic) bond motifs is 2. The maximum absolute atomic E-state index is 12.0. The third kappa shape index (κ3) is 1.84. The molecule has 9 heteroatoms. The lowest BCUT2D eigenvalue weighted by Crippen LogP contribution is -2.26. The van der Waals surface area contributed by atoms with E-state index in [1.807, 2.05) is 26.0 Å². The highest BCUT2D eigenvalue weighted by Gasteiger charge is 2.38. The maximum Gasteiger partial charge on any atom is 0.361 e. The molecular weight excluding hydrogens is 312 g/mol. The van der Waals surface area contributed by atoms with Gasteiger partial charge in [-0.2, -0.15) is 0 Å². The number of ether oxygens (including phenoxy) is 1. The van der Waals surface area contributed by atoms with E-state index < -0.39 is 11.4 Å². The molecule has 0 bridgehead atoms. The summed E-state index contributed by atoms with van der Waals surface area (Å²) in [4.78, 5) is 31.4. The van der Waals surface area contributed by atoms with Gasteiger partial charge in [-0.1, -0.05) is 5.21 Å². The fraction of sp³-hybridized carbons (Fsp3) is 0.267. The Morgan fingerprint density at radius 3 is 2.83 bits per heavy atom. The number of rotatable bonds is 2. The van der Waals surface area contributed by atoms with Gasteiger partial charge in [-0.3, -0.25) is 9.89 Å². The number of carbonyl (C=O) groups excluding carboxylic acids is 2. The van der Waals surface area contributed by atoms with E-state index >= 15 is 0 Å². The van der Waals surface area contributed by atoms with Crippen molar-refractivity contribution >= 4 is 28.6 Å². The Morgan fingerprint density at radius 1 is 1.29 bits per heavy atom. The maximum atomic E-state index is 12.0. The van der Waals surface area contributed by atoms with Gasteiger partial charge in [-0.15, -0.1) is 5.10 Å². The fourth-order valence-electron chi connectivity index (χ4n) is 2.83. The number of aromatic amines is 2. The van der Waals surface area contributed by atoms with Crippen molar-refractivity contribution in [2.45, 2.75) is 19.3 Å². The minimum atomic E-state index is -0.616. The van der Waals surface area contributed by atoms with Crippen LogP contribution in [0.1, 0.15) is 29.9 Å². The lowest BCUT2D eigenvalue weighted by atomic mass is 9.86. The van der Waals surface area contributed by atoms with Crippen molar-refractivity contribution in [1.29, 1.82) is 0 Å². The van der Waals surface area contributed by atoms with Crippen LogP contribution in [0.3, 0.4) is 0 Å². The zero-order valence-electron chi connectivity index (χ0n) is 13.2. The van der Waals surface area contributed by atoms with Crippen molar-refractivity contribution in [3.8, 4) is 11.5 Å². The summed E-state index contributed by atoms with van der Waals surface area (Å²) in [6.45, 7) is 3.73. The first-order valence-corrected chi connectivity index (χ1v) is 7.27. The SMILES string of the molecule is COC(=O)c1nn[nH]c1-c1nc2cc3c(cc2[nH]1)NC(=O)C3(C)C. The van der Waals surface area contributed by atoms with E-state index in [9.17, 15) is 9.59 Å². The molecule has 24 heavy (non-hydrogen) atoms. The van der Waals surface area contributed by atoms with Crippen molar-refractivity contribution in [2.24, 2.45) is 0 Å². The molecule has 122 valence electrons. The summed E-state index contributed by atoms with van der Waals surface area (Å²) in [5, 5.41) is 12.9. The molecule has 1 aliphatic heterocycles. The van der Waals surface area contributed by atoms with E-state index in [1.54, 1.807) is 0 Å². The van der Waals surface area contributed by atoms with Gasteiger partial charge in [0, 0.05) is 5.69 Å². The van der Waals surface area contributed by atoms with Gasteiger partial charge in [0.2, 0.25) is 11.6 Å². The first-order valence-electron chi connectivity index (χ1n) is 7.27. The highest BCUT2D eigenvalue weighted by atomic mass is 16.5. The molecule has 0 radical (unpaired) electrons. The number of H-pyrrole nitrogens is 2. The zero-order valence-corrected chi connectivity index (χ0v) is 13.2. The Balaban J connectivity index is 1.86. The summed E-state index contributed by atoms with van der Waals surface area (Å²) < 4.78 is 4.68. The van der Waals surface area contributed by atoms with Crippen LogP contribution in [0.4, 0.5) is 5.69 Å². The van der Waals surface area contributed by atoms with E-state index in [-0.39, 0.29) is 11.6 Å². The average Bonchev–Trinajstić information content (AvgIpc) is 3.22. The molecule has 0 unspecified atom stereocenters. The molecule has 0 fully saturated rings. The fourth-order valence-corrected chi connectivity index (χ4v) is 2.83. The van der Waals surface area contributed by atoms with E-state index in [0.29, 0.717) is 17.0 Å². The number of anilines is 1. The van der Waals surface area contributed by atoms with Crippen molar-refractivity contribution in [1.82, 2.24) is 25.4 Å². The number of nitrogens with one attached hydrogen (secondary N) is 3. The molecule has 2 aromatic heterocycles. The average molecular weight is 326 g/mol. The molecule has 0 saturated carbocycles. The molecular formula is C15H14N6O3. The van der Waals surface area contributed by atoms with Crippen molar-refractivity contribution in [2.75, 3.05) is 12.4 Å². The summed E-state index contributed by atoms with van der Waals surface area (Å²) >= 11 is 0. The first kappa shape index (κ1) is 14.4. The van der Waals surface area contributed by atoms with E-state index in [2.05, 4.69) is 35.4 Å². The molecule has 0 aliphatic carbocycles. The Kier molecular flexibility index (Phi) is 2.77. The van der Waals surface area contributed by atoms with Crippen LogP contribution in [-0.2, 0) is 14.9 Å². The standard InChI is InChI=1S/C15H14N6O3/c1-15(2)6-4-8-9(5-7(6)18-14(15)23)17-12(16-8)10-11(13(22)24-3)20-21-19-10/h4-5H,1-3H3,(H,16,17)(H,18,23)(H,19,20,21). The largest absolute Gasteiger partial charge is 0.464 e. The van der Waals surface area contributed by atoms with Gasteiger partial charge in [-0.05, 0) is 31.5 Å². The van der Waals surface area contributed by atoms with Crippen molar-refractivity contribution in [3.63, 3.8) is 0 Å². The molecule has 3 aromatic rings. The summed E-state index contributed by atoms with van der Waals surface area (Å²) in [5.41, 5.74) is 2.83. The van der Waals surface area contributed by atoms with Crippen LogP contribution in [-0.4, -0.2) is 44.4 Å². The summed E-state index contributed by atoms with van der Waals surface area (Å²) in [6, 6.07) is 3.69. The normalized spacial score (nSPS) is 15.4. The molecule has 0 atom stereocenters. The van der Waals surface area contributed by atoms with Crippen LogP contribution in [0.25, 0.3) is 22.6 Å². The lowest BCUT2D eigenvalue weighted by molar-refractivity contribution is -0.119. The number of hydrogen-bond donors (Lipinski definition) is 3. The number of benzene rings is 1. The quantitative estimate of drug-likeness (QED) is 0.611. The Bertz CT molecular complexity index is 1000. The minimum Gasteiger partial charge on any atom is -0.464 e. The number of imidazole rings is 1. The van der Waals surface area contributed by atoms with Crippen molar-refractivity contribution in [3.05, 3.63) is 23.4 Å². The zero-order chi connectivity index (χ0) is 17.1. The molecule has 1 amide bonds. The van der Waals surface area contributed by atoms with Gasteiger partial charge < -0.3 is 15.0 Å². The van der Waals surface area contributed by atoms with Gasteiger partial charge >= 0.3 is 5.97 Å². The molecule has 3 heterocycles. The number of aromatic nitrogens is 5. The smallest absolute Gasteiger partial charge is 0.361 e. The van der Waals surface area contributed by atoms with Gasteiger partial charge in [0.25, 0.3) is 0 Å². The van der Waals surface area contributed by atoms with Crippen molar-refractivity contribution < 1.29 is 14.3 Å². The second kappa shape index (κ2) is 4.63. The minimum absolute atomic E-state index is 0.0453. The Morgan fingerprint density at radius 2 is 2.08 bits per heavy atom. The molecule has 0 saturated heterocycles. The molecule has 1 aliphatic rings. The number of carbonyl (C=O) groups is 2. The number of amides is 1. The second-order valence-electron chi connectivity index (χ2n) is 6.11. The second-order valence-corrected chi connectivity index (χ2v) is 6.11. The van der Waals surface area contributed by atoms with Gasteiger partial charge in [0.05, 0.1) is 23.6 Å². The predicted molar refractivity (Wildman–Crippen MR) is 84.5 cm³/mol. The topological polar surface area (TPSA) is 126 Å². The van der Waals surface area contributed by atoms with Crippen LogP contribution in [0, 0.1) is 0 Å². The van der Waals surface area contributed by atoms with Crippen LogP contribution in [0.2, 0.25) is 0 Å². The lowest BCUT2D eigenvalue weighted by Gasteiger charge is -2.14. The molecule has 9 nitrogen and oxygen atoms in total. The number of hydrogen-bond acceptors (Lipinski definition) is 6. The third-order valence-electron chi connectivity index (χ3n) is 4.27. The highest BCUT2D eigenvalue weighted by Crippen LogP contribution is 2.39. The number of esters is 1. The first-order chi connectivity index (χ1) is 11.4. The molecule has 4 rings (SSSR count). The highest BCUT2D eigenvalue weighted by molar-refractivity contribution is 6.07. The van der Waals surface area contributed by atoms with E-state index in [0.717, 1.165) is 16.8 Å². The number of methoxy groups -OCH3 is 1. The van der Waals surface area contributed by atoms with Gasteiger partial charge in [0.15, 0.2) is 5.82 Å². The summed E-state index contributed by atoms with van der Waals surface area (Å²) in [6.07, 6.45) is 0. The molecule has 3 N–H and O–H groups in total. The molecule has 1 aromatic carbocycles. The summed E-state index contributed by atoms with van der Waals surface area (Å²) in [5.74, 6) is -0.227. The predicted octanol–water partition coefficient (Wildman–Crippen LogP) is 1.36. The van der Waals surface area contributed by atoms with Gasteiger partial charge in [0.1, 0.15) is 5.69 Å². The van der Waals surface area contributed by atoms with Crippen LogP contribution < -0.4 is 5.32 Å². The van der Waals surface area contributed by atoms with Gasteiger partial charge in [-0.25, -0.2) is 9.78 Å². The van der Waals surface area contributed by atoms with E-state index in [1.165, 1.54) is 7.11 Å².